The summed E-state index contributed by atoms with van der Waals surface area (Å²) < 4.78 is 82.1. The Hall–Kier alpha value is -5.71. The van der Waals surface area contributed by atoms with Crippen LogP contribution in [0.1, 0.15) is 346 Å². The van der Waals surface area contributed by atoms with E-state index < -0.39 is 35.5 Å². The van der Waals surface area contributed by atoms with Crippen molar-refractivity contribution in [1.29, 1.82) is 0 Å². The molecular weight excluding hydrogens is 1930 g/mol. The molecule has 15 aliphatic carbocycles. The van der Waals surface area contributed by atoms with E-state index in [2.05, 4.69) is 196 Å². The number of fused-ring (bicyclic) bond motifs is 21. The number of methoxy groups -OCH3 is 2. The van der Waals surface area contributed by atoms with E-state index in [1.54, 1.807) is 12.1 Å². The van der Waals surface area contributed by atoms with Crippen molar-refractivity contribution < 1.29 is 59.4 Å². The molecule has 29 atom stereocenters. The first kappa shape index (κ1) is 112. The number of nitrogens with zero attached hydrogens (tertiary/aromatic N) is 4. The van der Waals surface area contributed by atoms with Gasteiger partial charge in [0.25, 0.3) is 0 Å². The highest BCUT2D eigenvalue weighted by Crippen LogP contribution is 2.82. The minimum atomic E-state index is -2.89. The third kappa shape index (κ3) is 18.6. The van der Waals surface area contributed by atoms with Crippen LogP contribution in [0.3, 0.4) is 0 Å². The summed E-state index contributed by atoms with van der Waals surface area (Å²) in [5, 5.41) is 36.0. The molecule has 0 aromatic heterocycles. The molecule has 3 aromatic rings. The zero-order chi connectivity index (χ0) is 108. The number of nitrogens with one attached hydrogen (secondary N) is 3. The van der Waals surface area contributed by atoms with Crippen molar-refractivity contribution in [2.75, 3.05) is 127 Å². The Morgan fingerprint density at radius 2 is 0.653 bits per heavy atom. The summed E-state index contributed by atoms with van der Waals surface area (Å²) in [6.45, 7) is 54.8. The number of allylic oxidation sites excluding steroid dienone is 6. The Morgan fingerprint density at radius 3 is 0.933 bits per heavy atom. The topological polar surface area (TPSA) is 323 Å². The smallest absolute Gasteiger partial charge is 0.337 e. The van der Waals surface area contributed by atoms with Gasteiger partial charge >= 0.3 is 17.9 Å². The van der Waals surface area contributed by atoms with Crippen LogP contribution in [0.4, 0.5) is 0 Å². The van der Waals surface area contributed by atoms with Gasteiger partial charge in [0, 0.05) is 113 Å². The Bertz CT molecular complexity index is 5980. The van der Waals surface area contributed by atoms with Crippen molar-refractivity contribution >= 4 is 69.9 Å². The van der Waals surface area contributed by atoms with Gasteiger partial charge in [-0.05, 0) is 412 Å². The van der Waals surface area contributed by atoms with E-state index in [4.69, 9.17) is 20.9 Å². The van der Waals surface area contributed by atoms with Gasteiger partial charge in [0.1, 0.15) is 0 Å². The highest BCUT2D eigenvalue weighted by Gasteiger charge is 2.76. The molecule has 0 bridgehead atoms. The number of carbonyl (C=O) groups is 3. The molecule has 0 amide bonds. The number of hydrogen-bond donors (Lipinski definition) is 7. The van der Waals surface area contributed by atoms with E-state index in [1.165, 1.54) is 182 Å². The Labute approximate surface area is 902 Å². The van der Waals surface area contributed by atoms with Gasteiger partial charge in [-0.3, -0.25) is 0 Å². The molecule has 21 rings (SSSR count). The summed E-state index contributed by atoms with van der Waals surface area (Å²) in [6, 6.07) is 24.1. The summed E-state index contributed by atoms with van der Waals surface area (Å²) in [7, 11) is -5.74. The second-order valence-electron chi connectivity index (χ2n) is 56.5. The van der Waals surface area contributed by atoms with Gasteiger partial charge in [0.2, 0.25) is 0 Å². The number of carbonyl (C=O) groups excluding carboxylic acids is 2. The zero-order valence-electron chi connectivity index (χ0n) is 95.3. The summed E-state index contributed by atoms with van der Waals surface area (Å²) in [6.07, 6.45) is 40.5. The van der Waals surface area contributed by atoms with Crippen molar-refractivity contribution in [3.63, 3.8) is 0 Å². The zero-order valence-corrected chi connectivity index (χ0v) is 97.8. The predicted molar refractivity (Wildman–Crippen MR) is 604 cm³/mol. The molecule has 0 spiro atoms. The molecule has 832 valence electrons. The maximum Gasteiger partial charge on any atom is 0.337 e. The number of nitrogens with two attached hydrogens (primary N) is 2. The molecular formula is C125H191N9O13S3. The van der Waals surface area contributed by atoms with E-state index in [1.807, 2.05) is 43.3 Å². The lowest BCUT2D eigenvalue weighted by Crippen LogP contribution is -2.68. The van der Waals surface area contributed by atoms with Crippen LogP contribution in [0.5, 0.6) is 0 Å². The molecule has 25 heteroatoms. The summed E-state index contributed by atoms with van der Waals surface area (Å²) in [5.74, 6) is 8.85. The van der Waals surface area contributed by atoms with E-state index >= 15 is 0 Å². The normalized spacial score (nSPS) is 42.6. The number of carboxylic acid groups (broad SMARTS) is 1. The molecule has 2 unspecified atom stereocenters. The van der Waals surface area contributed by atoms with Crippen LogP contribution in [-0.4, -0.2) is 230 Å². The second-order valence-corrected chi connectivity index (χ2v) is 63.4. The first-order chi connectivity index (χ1) is 70.5. The standard InChI is InChI=1S/C42H63N3O5S.C42H65N3O4S.C41H63N3O4S/c1-28(44-47)31-14-19-42(43-22-23-45-24-26-51(48,49)27-25-45)21-20-40(5)33(36(31)42)12-13-35-39(4)17-15-32(29-8-10-30(11-9-29)37(46)50-7)38(2,3)34(39)16-18-41(35,40)6;1-28(43)31-14-19-42(44-22-23-45-24-26-50(47,48)27-25-45)21-20-40(5)33(36(31)42)12-13-35-39(4)17-15-32(29-8-10-30(11-9-29)37(46)49-7)38(2,3)34(39)16-18-41(35,40)6;1-27(42)30-13-18-41(43-21-22-44-23-25-49(47,48)26-24-44)20-19-39(5)32(35(30)41)11-12-34-38(4)16-14-31(28-7-9-29(10-8-28)36(45)46)37(2,3)33(38)15-17-40(34,39)6/h8-11,15,31,33-36,43,47H,12-14,16-27H2,1-7H3;8-11,15,28,31,33-36,44H,12-14,16-27,43H2,1-7H3;7-10,14,27,30,32-35,43H,11-13,15-26,42H2,1-6H3,(H,45,46)/b44-28+;;/t31-,33+,34-,35+,36+,39-,40+,41+,42-;28?,31-,33+,34-,35+,36+,39-,40+,41+,42-;27?,30-,32+,33-,34+,35+,38-,39+,40+,41-/m000/s1. The van der Waals surface area contributed by atoms with Gasteiger partial charge in [-0.15, -0.1) is 0 Å². The summed E-state index contributed by atoms with van der Waals surface area (Å²) in [5.41, 5.74) is 26.5. The van der Waals surface area contributed by atoms with E-state index in [0.717, 1.165) is 83.5 Å². The third-order valence-corrected chi connectivity index (χ3v) is 54.7. The minimum Gasteiger partial charge on any atom is -0.478 e. The monoisotopic (exact) mass is 2120 g/mol. The number of rotatable bonds is 21. The Morgan fingerprint density at radius 1 is 0.373 bits per heavy atom. The second kappa shape index (κ2) is 40.6. The van der Waals surface area contributed by atoms with Crippen LogP contribution in [-0.2, 0) is 39.0 Å². The number of oxime groups is 1. The van der Waals surface area contributed by atoms with Crippen LogP contribution in [0.2, 0.25) is 0 Å². The molecule has 9 N–H and O–H groups in total. The average molecular weight is 2120 g/mol. The molecule has 3 heterocycles. The lowest BCUT2D eigenvalue weighted by Gasteiger charge is -2.72. The number of ether oxygens (including phenoxy) is 2. The molecule has 3 saturated heterocycles. The lowest BCUT2D eigenvalue weighted by atomic mass is 9.33. The third-order valence-electron chi connectivity index (χ3n) is 49.9. The first-order valence-corrected chi connectivity index (χ1v) is 64.6. The van der Waals surface area contributed by atoms with Gasteiger partial charge in [-0.25, -0.2) is 39.6 Å². The number of esters is 2. The molecule has 3 aliphatic heterocycles. The fourth-order valence-electron chi connectivity index (χ4n) is 41.7. The van der Waals surface area contributed by atoms with Crippen molar-refractivity contribution in [1.82, 2.24) is 30.7 Å². The maximum atomic E-state index is 12.1. The van der Waals surface area contributed by atoms with Gasteiger partial charge in [0.15, 0.2) is 29.5 Å². The molecule has 12 saturated carbocycles. The molecule has 22 nitrogen and oxygen atoms in total. The Balaban J connectivity index is 0.000000141. The van der Waals surface area contributed by atoms with Crippen LogP contribution in [0.25, 0.3) is 16.7 Å². The Kier molecular flexibility index (Phi) is 30.5. The molecule has 18 aliphatic rings. The average Bonchev–Trinajstić information content (AvgIpc) is 1.27. The van der Waals surface area contributed by atoms with E-state index in [-0.39, 0.29) is 123 Å². The first-order valence-electron chi connectivity index (χ1n) is 59.1. The fraction of sp³-hybridized carbons (Fsp3) is 0.776. The molecule has 3 aromatic carbocycles. The van der Waals surface area contributed by atoms with Crippen LogP contribution in [0.15, 0.2) is 96.2 Å². The van der Waals surface area contributed by atoms with Crippen molar-refractivity contribution in [3.05, 3.63) is 124 Å². The maximum absolute atomic E-state index is 12.1. The number of sulfone groups is 3. The highest BCUT2D eigenvalue weighted by molar-refractivity contribution is 7.92. The van der Waals surface area contributed by atoms with Crippen LogP contribution < -0.4 is 27.4 Å². The SMILES string of the molecule is CC(N)[C@@H]1CC[C@]2(NCCN3CCS(=O)(=O)CC3)CC[C@]3(C)[C@H](CC[C@@H]4[C@@]5(C)CC=C(c6ccc(C(=O)O)cc6)C(C)(C)[C@@H]5CC[C@]43C)[C@@H]12.COC(=O)c1ccc(C2=CC[C@]3(C)[C@H]4CC[C@@H]5[C@H]6[C@H](/C(C)=N/O)CC[C@]6(NCCN6CCS(=O)(=O)CC6)CC[C@@]5(C)[C@]4(C)CC[C@H]3C2(C)C)cc1.COC(=O)c1ccc(C2=CC[C@]3(C)[C@H]4CC[C@@H]5[C@H]6[C@H](C(C)N)CC[C@]6(NCCN6CCS(=O)(=O)CC6)CC[C@@]5(C)[C@]4(C)CC[C@H]3C2(C)C)cc1. The quantitative estimate of drug-likeness (QED) is 0.0225. The van der Waals surface area contributed by atoms with Gasteiger partial charge < -0.3 is 61.9 Å². The van der Waals surface area contributed by atoms with Crippen molar-refractivity contribution in [2.24, 2.45) is 170 Å². The summed E-state index contributed by atoms with van der Waals surface area (Å²) >= 11 is 0. The minimum absolute atomic E-state index is 0.00648. The molecule has 15 fully saturated rings. The lowest BCUT2D eigenvalue weighted by molar-refractivity contribution is -0.220. The number of carboxylic acids is 1. The number of benzene rings is 3. The van der Waals surface area contributed by atoms with Crippen molar-refractivity contribution in [2.45, 2.75) is 327 Å². The van der Waals surface area contributed by atoms with E-state index in [0.29, 0.717) is 162 Å². The predicted octanol–water partition coefficient (Wildman–Crippen LogP) is 21.3. The van der Waals surface area contributed by atoms with Crippen LogP contribution >= 0.6 is 0 Å². The van der Waals surface area contributed by atoms with Gasteiger partial charge in [-0.2, -0.15) is 0 Å². The molecule has 150 heavy (non-hydrogen) atoms. The molecule has 0 radical (unpaired) electrons. The van der Waals surface area contributed by atoms with Gasteiger partial charge in [-0.1, -0.05) is 164 Å². The van der Waals surface area contributed by atoms with E-state index in [9.17, 15) is 50.0 Å². The number of hydrogen-bond acceptors (Lipinski definition) is 21. The fourth-order valence-corrected chi connectivity index (χ4v) is 45.6. The van der Waals surface area contributed by atoms with Crippen LogP contribution in [0, 0.1) is 154 Å². The highest BCUT2D eigenvalue weighted by atomic mass is 32.2. The number of aromatic carboxylic acids is 1. The largest absolute Gasteiger partial charge is 0.478 e. The summed E-state index contributed by atoms with van der Waals surface area (Å²) in [4.78, 5) is 42.8. The van der Waals surface area contributed by atoms with Crippen molar-refractivity contribution in [3.8, 4) is 0 Å². The van der Waals surface area contributed by atoms with Gasteiger partial charge in [0.05, 0.1) is 71.1 Å².